The molecule has 3 N–H and O–H groups in total. The number of fused-ring (bicyclic) bond motifs is 2. The number of aromatic nitrogens is 5. The summed E-state index contributed by atoms with van der Waals surface area (Å²) in [7, 11) is 1.88. The molecule has 7 heteroatoms. The van der Waals surface area contributed by atoms with E-state index in [9.17, 15) is 5.11 Å². The number of hydrogen-bond acceptors (Lipinski definition) is 4. The van der Waals surface area contributed by atoms with E-state index < -0.39 is 6.10 Å². The Morgan fingerprint density at radius 1 is 1.20 bits per heavy atom. The third-order valence-corrected chi connectivity index (χ3v) is 5.58. The standard InChI is InChI=1S/C23H20N6O/c1-12-6-13(2)21-20(16(10-25-21)15-9-26-29(3)11-15)19(12)22(30)23-27-17-5-4-14(8-24)7-18(17)28-23/h4-7,9-11,22,25,30H,1-3H3,(H,27,28). The van der Waals surface area contributed by atoms with Crippen molar-refractivity contribution in [3.63, 3.8) is 0 Å². The Bertz CT molecular complexity index is 1460. The van der Waals surface area contributed by atoms with Gasteiger partial charge in [0.25, 0.3) is 0 Å². The molecule has 0 aliphatic rings. The number of nitrogens with one attached hydrogen (secondary N) is 2. The molecule has 5 rings (SSSR count). The first-order valence-corrected chi connectivity index (χ1v) is 9.64. The molecular formula is C23H20N6O. The van der Waals surface area contributed by atoms with Gasteiger partial charge in [-0.05, 0) is 43.2 Å². The van der Waals surface area contributed by atoms with E-state index in [-0.39, 0.29) is 0 Å². The highest BCUT2D eigenvalue weighted by atomic mass is 16.3. The van der Waals surface area contributed by atoms with Crippen molar-refractivity contribution in [3.05, 3.63) is 70.9 Å². The SMILES string of the molecule is Cc1cc(C)c2[nH]cc(-c3cnn(C)c3)c2c1C(O)c1nc2cc(C#N)ccc2[nH]1. The van der Waals surface area contributed by atoms with E-state index in [1.165, 1.54) is 0 Å². The number of nitriles is 1. The molecule has 0 saturated heterocycles. The van der Waals surface area contributed by atoms with Crippen LogP contribution in [0.2, 0.25) is 0 Å². The minimum absolute atomic E-state index is 0.451. The summed E-state index contributed by atoms with van der Waals surface area (Å²) >= 11 is 0. The fourth-order valence-electron chi connectivity index (χ4n) is 4.19. The molecule has 2 aromatic carbocycles. The third-order valence-electron chi connectivity index (χ3n) is 5.58. The normalized spacial score (nSPS) is 12.5. The predicted molar refractivity (Wildman–Crippen MR) is 115 cm³/mol. The molecule has 148 valence electrons. The Balaban J connectivity index is 1.73. The van der Waals surface area contributed by atoms with Crippen molar-refractivity contribution in [2.24, 2.45) is 7.05 Å². The molecule has 0 bridgehead atoms. The van der Waals surface area contributed by atoms with Gasteiger partial charge in [0.2, 0.25) is 0 Å². The second-order valence-electron chi connectivity index (χ2n) is 7.65. The number of aryl methyl sites for hydroxylation is 3. The number of aromatic amines is 2. The van der Waals surface area contributed by atoms with Gasteiger partial charge in [0.05, 0.1) is 28.9 Å². The number of hydrogen-bond donors (Lipinski definition) is 3. The summed E-state index contributed by atoms with van der Waals surface area (Å²) in [5.41, 5.74) is 7.82. The van der Waals surface area contributed by atoms with Crippen LogP contribution in [0.25, 0.3) is 33.1 Å². The first-order chi connectivity index (χ1) is 14.5. The first kappa shape index (κ1) is 18.2. The quantitative estimate of drug-likeness (QED) is 0.428. The molecule has 1 unspecified atom stereocenters. The van der Waals surface area contributed by atoms with Crippen LogP contribution in [0.5, 0.6) is 0 Å². The van der Waals surface area contributed by atoms with Crippen LogP contribution in [0.1, 0.15) is 34.2 Å². The summed E-state index contributed by atoms with van der Waals surface area (Å²) in [6.07, 6.45) is 4.79. The average Bonchev–Trinajstić information content (AvgIpc) is 3.44. The molecular weight excluding hydrogens is 376 g/mol. The lowest BCUT2D eigenvalue weighted by Gasteiger charge is -2.16. The van der Waals surface area contributed by atoms with Gasteiger partial charge < -0.3 is 15.1 Å². The molecule has 0 radical (unpaired) electrons. The molecule has 0 saturated carbocycles. The van der Waals surface area contributed by atoms with Gasteiger partial charge in [-0.25, -0.2) is 4.98 Å². The number of rotatable bonds is 3. The zero-order valence-corrected chi connectivity index (χ0v) is 16.9. The van der Waals surface area contributed by atoms with Crippen molar-refractivity contribution in [2.45, 2.75) is 20.0 Å². The summed E-state index contributed by atoms with van der Waals surface area (Å²) in [6, 6.07) is 9.46. The van der Waals surface area contributed by atoms with Gasteiger partial charge in [-0.2, -0.15) is 10.4 Å². The Morgan fingerprint density at radius 3 is 2.77 bits per heavy atom. The molecule has 1 atom stereocenters. The van der Waals surface area contributed by atoms with Gasteiger partial charge in [-0.15, -0.1) is 0 Å². The first-order valence-electron chi connectivity index (χ1n) is 9.64. The number of H-pyrrole nitrogens is 2. The Kier molecular flexibility index (Phi) is 3.98. The van der Waals surface area contributed by atoms with E-state index in [4.69, 9.17) is 5.26 Å². The van der Waals surface area contributed by atoms with Crippen LogP contribution in [-0.2, 0) is 7.05 Å². The largest absolute Gasteiger partial charge is 0.380 e. The number of aliphatic hydroxyl groups excluding tert-OH is 1. The van der Waals surface area contributed by atoms with Gasteiger partial charge >= 0.3 is 0 Å². The number of nitrogens with zero attached hydrogens (tertiary/aromatic N) is 4. The van der Waals surface area contributed by atoms with E-state index in [1.807, 2.05) is 38.6 Å². The van der Waals surface area contributed by atoms with Crippen LogP contribution in [-0.4, -0.2) is 29.8 Å². The van der Waals surface area contributed by atoms with E-state index in [0.717, 1.165) is 44.2 Å². The van der Waals surface area contributed by atoms with Crippen LogP contribution in [0.15, 0.2) is 42.9 Å². The summed E-state index contributed by atoms with van der Waals surface area (Å²) < 4.78 is 1.76. The van der Waals surface area contributed by atoms with Crippen molar-refractivity contribution in [1.29, 1.82) is 5.26 Å². The van der Waals surface area contributed by atoms with Crippen LogP contribution in [0.3, 0.4) is 0 Å². The molecule has 30 heavy (non-hydrogen) atoms. The number of benzene rings is 2. The lowest BCUT2D eigenvalue weighted by atomic mass is 9.92. The van der Waals surface area contributed by atoms with Gasteiger partial charge in [0.15, 0.2) is 0 Å². The van der Waals surface area contributed by atoms with Crippen molar-refractivity contribution >= 4 is 21.9 Å². The zero-order valence-electron chi connectivity index (χ0n) is 16.9. The molecule has 0 aliphatic heterocycles. The predicted octanol–water partition coefficient (Wildman–Crippen LogP) is 4.01. The highest BCUT2D eigenvalue weighted by Gasteiger charge is 2.24. The van der Waals surface area contributed by atoms with Crippen LogP contribution in [0.4, 0.5) is 0 Å². The Hall–Kier alpha value is -3.89. The fraction of sp³-hybridized carbons (Fsp3) is 0.174. The summed E-state index contributed by atoms with van der Waals surface area (Å²) in [4.78, 5) is 11.2. The zero-order chi connectivity index (χ0) is 21.0. The van der Waals surface area contributed by atoms with E-state index in [0.29, 0.717) is 16.9 Å². The number of aliphatic hydroxyl groups is 1. The fourth-order valence-corrected chi connectivity index (χ4v) is 4.19. The maximum atomic E-state index is 11.4. The van der Waals surface area contributed by atoms with Gasteiger partial charge in [-0.1, -0.05) is 6.07 Å². The van der Waals surface area contributed by atoms with E-state index in [1.54, 1.807) is 16.8 Å². The smallest absolute Gasteiger partial charge is 0.140 e. The Labute approximate surface area is 172 Å². The van der Waals surface area contributed by atoms with E-state index >= 15 is 0 Å². The molecule has 3 heterocycles. The van der Waals surface area contributed by atoms with Crippen molar-refractivity contribution in [3.8, 4) is 17.2 Å². The second kappa shape index (κ2) is 6.58. The van der Waals surface area contributed by atoms with Crippen LogP contribution >= 0.6 is 0 Å². The number of imidazole rings is 1. The highest BCUT2D eigenvalue weighted by Crippen LogP contribution is 2.39. The van der Waals surface area contributed by atoms with Crippen LogP contribution in [0, 0.1) is 25.2 Å². The van der Waals surface area contributed by atoms with Gasteiger partial charge in [0, 0.05) is 47.0 Å². The lowest BCUT2D eigenvalue weighted by Crippen LogP contribution is -2.06. The summed E-state index contributed by atoms with van der Waals surface area (Å²) in [6.45, 7) is 4.06. The third kappa shape index (κ3) is 2.70. The molecule has 0 spiro atoms. The lowest BCUT2D eigenvalue weighted by molar-refractivity contribution is 0.212. The topological polar surface area (TPSA) is 106 Å². The maximum Gasteiger partial charge on any atom is 0.140 e. The van der Waals surface area contributed by atoms with E-state index in [2.05, 4.69) is 39.1 Å². The monoisotopic (exact) mass is 396 g/mol. The summed E-state index contributed by atoms with van der Waals surface area (Å²) in [5, 5.41) is 25.8. The summed E-state index contributed by atoms with van der Waals surface area (Å²) in [5.74, 6) is 0.451. The van der Waals surface area contributed by atoms with Crippen molar-refractivity contribution < 1.29 is 5.11 Å². The van der Waals surface area contributed by atoms with Crippen molar-refractivity contribution in [2.75, 3.05) is 0 Å². The molecule has 5 aromatic rings. The van der Waals surface area contributed by atoms with Crippen LogP contribution < -0.4 is 0 Å². The molecule has 0 aliphatic carbocycles. The van der Waals surface area contributed by atoms with Gasteiger partial charge in [-0.3, -0.25) is 4.68 Å². The Morgan fingerprint density at radius 2 is 2.03 bits per heavy atom. The molecule has 7 nitrogen and oxygen atoms in total. The average molecular weight is 396 g/mol. The minimum atomic E-state index is -0.947. The highest BCUT2D eigenvalue weighted by molar-refractivity contribution is 6.00. The maximum absolute atomic E-state index is 11.4. The molecule has 0 fully saturated rings. The molecule has 0 amide bonds. The van der Waals surface area contributed by atoms with Crippen molar-refractivity contribution in [1.82, 2.24) is 24.7 Å². The second-order valence-corrected chi connectivity index (χ2v) is 7.65. The molecule has 3 aromatic heterocycles. The van der Waals surface area contributed by atoms with Gasteiger partial charge in [0.1, 0.15) is 11.9 Å². The minimum Gasteiger partial charge on any atom is -0.380 e.